The van der Waals surface area contributed by atoms with Crippen molar-refractivity contribution >= 4 is 0 Å². The molecule has 2 aliphatic rings. The fourth-order valence-electron chi connectivity index (χ4n) is 3.32. The lowest BCUT2D eigenvalue weighted by Gasteiger charge is -2.28. The van der Waals surface area contributed by atoms with E-state index in [1.807, 2.05) is 0 Å². The molecular formula is C12H20O. The number of aliphatic hydroxyl groups is 1. The van der Waals surface area contributed by atoms with Gasteiger partial charge in [-0.15, -0.1) is 0 Å². The van der Waals surface area contributed by atoms with Gasteiger partial charge >= 0.3 is 0 Å². The first-order valence-corrected chi connectivity index (χ1v) is 5.59. The Labute approximate surface area is 80.8 Å². The van der Waals surface area contributed by atoms with Gasteiger partial charge < -0.3 is 5.11 Å². The van der Waals surface area contributed by atoms with Crippen molar-refractivity contribution in [3.63, 3.8) is 0 Å². The summed E-state index contributed by atoms with van der Waals surface area (Å²) in [5.74, 6) is 2.20. The number of aliphatic hydroxyl groups excluding tert-OH is 1. The molecule has 0 radical (unpaired) electrons. The average molecular weight is 180 g/mol. The van der Waals surface area contributed by atoms with Crippen LogP contribution in [0.15, 0.2) is 11.6 Å². The topological polar surface area (TPSA) is 20.2 Å². The Morgan fingerprint density at radius 3 is 2.85 bits per heavy atom. The Balaban J connectivity index is 2.10. The maximum Gasteiger partial charge on any atom is 0.0571 e. The molecule has 0 aromatic rings. The Kier molecular flexibility index (Phi) is 2.46. The monoisotopic (exact) mass is 180 g/mol. The maximum absolute atomic E-state index is 9.87. The van der Waals surface area contributed by atoms with Crippen molar-refractivity contribution in [1.82, 2.24) is 0 Å². The third-order valence-corrected chi connectivity index (χ3v) is 3.99. The molecule has 1 heteroatoms. The van der Waals surface area contributed by atoms with Gasteiger partial charge in [-0.05, 0) is 50.4 Å². The third kappa shape index (κ3) is 1.43. The number of hydrogen-bond donors (Lipinski definition) is 1. The van der Waals surface area contributed by atoms with E-state index in [-0.39, 0.29) is 6.10 Å². The Bertz CT molecular complexity index is 219. The summed E-state index contributed by atoms with van der Waals surface area (Å²) in [4.78, 5) is 0. The first-order chi connectivity index (χ1) is 6.26. The summed E-state index contributed by atoms with van der Waals surface area (Å²) in [6.45, 7) is 4.23. The second kappa shape index (κ2) is 3.45. The normalized spacial score (nSPS) is 43.0. The Hall–Kier alpha value is -0.300. The van der Waals surface area contributed by atoms with Gasteiger partial charge in [0, 0.05) is 0 Å². The quantitative estimate of drug-likeness (QED) is 0.648. The zero-order chi connectivity index (χ0) is 9.42. The number of hydrogen-bond acceptors (Lipinski definition) is 1. The van der Waals surface area contributed by atoms with E-state index in [1.165, 1.54) is 19.3 Å². The van der Waals surface area contributed by atoms with Crippen LogP contribution >= 0.6 is 0 Å². The molecule has 2 aliphatic carbocycles. The van der Waals surface area contributed by atoms with Crippen LogP contribution in [0.4, 0.5) is 0 Å². The minimum atomic E-state index is -0.0507. The smallest absolute Gasteiger partial charge is 0.0571 e. The second-order valence-electron chi connectivity index (χ2n) is 4.65. The fourth-order valence-corrected chi connectivity index (χ4v) is 3.32. The van der Waals surface area contributed by atoms with Crippen LogP contribution in [0.25, 0.3) is 0 Å². The Morgan fingerprint density at radius 2 is 2.31 bits per heavy atom. The van der Waals surface area contributed by atoms with Crippen LogP contribution in [0.5, 0.6) is 0 Å². The van der Waals surface area contributed by atoms with E-state index in [1.54, 1.807) is 5.57 Å². The summed E-state index contributed by atoms with van der Waals surface area (Å²) in [5.41, 5.74) is 1.62. The van der Waals surface area contributed by atoms with Crippen molar-refractivity contribution in [1.29, 1.82) is 0 Å². The van der Waals surface area contributed by atoms with Crippen LogP contribution < -0.4 is 0 Å². The summed E-state index contributed by atoms with van der Waals surface area (Å²) in [6, 6.07) is 0. The average Bonchev–Trinajstić information content (AvgIpc) is 2.74. The van der Waals surface area contributed by atoms with Crippen molar-refractivity contribution in [3.05, 3.63) is 11.6 Å². The van der Waals surface area contributed by atoms with Gasteiger partial charge in [0.1, 0.15) is 0 Å². The lowest BCUT2D eigenvalue weighted by molar-refractivity contribution is 0.0834. The molecule has 0 saturated heterocycles. The molecule has 0 spiro atoms. The standard InChI is InChI=1S/C12H20O/c1-3-9-5-8-6-10(9)11(7-8)12(13)4-2/h3,8,10-13H,4-7H2,1-2H3/t8-,10-,11?,12?/m1/s1. The van der Waals surface area contributed by atoms with Gasteiger partial charge in [0.15, 0.2) is 0 Å². The van der Waals surface area contributed by atoms with Gasteiger partial charge in [-0.3, -0.25) is 0 Å². The summed E-state index contributed by atoms with van der Waals surface area (Å²) < 4.78 is 0. The van der Waals surface area contributed by atoms with Crippen molar-refractivity contribution in [3.8, 4) is 0 Å². The summed E-state index contributed by atoms with van der Waals surface area (Å²) in [7, 11) is 0. The minimum Gasteiger partial charge on any atom is -0.393 e. The molecule has 2 unspecified atom stereocenters. The molecule has 0 heterocycles. The molecule has 0 aromatic heterocycles. The Morgan fingerprint density at radius 1 is 1.54 bits per heavy atom. The molecule has 2 fully saturated rings. The van der Waals surface area contributed by atoms with E-state index in [2.05, 4.69) is 19.9 Å². The summed E-state index contributed by atoms with van der Waals surface area (Å²) in [5, 5.41) is 9.87. The van der Waals surface area contributed by atoms with Gasteiger partial charge in [-0.25, -0.2) is 0 Å². The van der Waals surface area contributed by atoms with Gasteiger partial charge in [0.05, 0.1) is 6.10 Å². The van der Waals surface area contributed by atoms with Crippen molar-refractivity contribution in [2.75, 3.05) is 0 Å². The fraction of sp³-hybridized carbons (Fsp3) is 0.833. The van der Waals surface area contributed by atoms with Crippen LogP contribution in [-0.4, -0.2) is 11.2 Å². The summed E-state index contributed by atoms with van der Waals surface area (Å²) in [6.07, 6.45) is 7.08. The molecule has 1 nitrogen and oxygen atoms in total. The van der Waals surface area contributed by atoms with Crippen molar-refractivity contribution < 1.29 is 5.11 Å². The first-order valence-electron chi connectivity index (χ1n) is 5.59. The first kappa shape index (κ1) is 9.26. The predicted octanol–water partition coefficient (Wildman–Crippen LogP) is 2.75. The zero-order valence-corrected chi connectivity index (χ0v) is 8.66. The van der Waals surface area contributed by atoms with Crippen LogP contribution in [0, 0.1) is 17.8 Å². The molecule has 2 bridgehead atoms. The van der Waals surface area contributed by atoms with Gasteiger partial charge in [-0.1, -0.05) is 18.6 Å². The highest BCUT2D eigenvalue weighted by Crippen LogP contribution is 2.52. The molecule has 0 amide bonds. The van der Waals surface area contributed by atoms with E-state index in [0.717, 1.165) is 18.3 Å². The number of allylic oxidation sites excluding steroid dienone is 2. The van der Waals surface area contributed by atoms with E-state index in [9.17, 15) is 5.11 Å². The second-order valence-corrected chi connectivity index (χ2v) is 4.65. The molecule has 0 aliphatic heterocycles. The molecule has 0 aromatic carbocycles. The maximum atomic E-state index is 9.87. The van der Waals surface area contributed by atoms with E-state index < -0.39 is 0 Å². The van der Waals surface area contributed by atoms with Gasteiger partial charge in [0.2, 0.25) is 0 Å². The predicted molar refractivity (Wildman–Crippen MR) is 54.4 cm³/mol. The highest BCUT2D eigenvalue weighted by atomic mass is 16.3. The van der Waals surface area contributed by atoms with Crippen molar-refractivity contribution in [2.24, 2.45) is 17.8 Å². The molecule has 2 rings (SSSR count). The largest absolute Gasteiger partial charge is 0.393 e. The van der Waals surface area contributed by atoms with E-state index in [4.69, 9.17) is 0 Å². The SMILES string of the molecule is CC=C1C[C@H]2CC(C(O)CC)[C@@H]1C2. The molecular weight excluding hydrogens is 160 g/mol. The highest BCUT2D eigenvalue weighted by molar-refractivity contribution is 5.18. The molecule has 1 N–H and O–H groups in total. The lowest BCUT2D eigenvalue weighted by atomic mass is 9.80. The van der Waals surface area contributed by atoms with Crippen LogP contribution in [-0.2, 0) is 0 Å². The van der Waals surface area contributed by atoms with Crippen LogP contribution in [0.3, 0.4) is 0 Å². The zero-order valence-electron chi connectivity index (χ0n) is 8.66. The van der Waals surface area contributed by atoms with E-state index >= 15 is 0 Å². The van der Waals surface area contributed by atoms with Crippen LogP contribution in [0.1, 0.15) is 39.5 Å². The van der Waals surface area contributed by atoms with E-state index in [0.29, 0.717) is 5.92 Å². The summed E-state index contributed by atoms with van der Waals surface area (Å²) >= 11 is 0. The molecule has 2 saturated carbocycles. The molecule has 13 heavy (non-hydrogen) atoms. The van der Waals surface area contributed by atoms with Gasteiger partial charge in [0.25, 0.3) is 0 Å². The molecule has 74 valence electrons. The molecule has 4 atom stereocenters. The number of rotatable bonds is 2. The van der Waals surface area contributed by atoms with Crippen LogP contribution in [0.2, 0.25) is 0 Å². The lowest BCUT2D eigenvalue weighted by Crippen LogP contribution is -2.25. The highest BCUT2D eigenvalue weighted by Gasteiger charge is 2.44. The van der Waals surface area contributed by atoms with Crippen molar-refractivity contribution in [2.45, 2.75) is 45.6 Å². The van der Waals surface area contributed by atoms with Gasteiger partial charge in [-0.2, -0.15) is 0 Å². The third-order valence-electron chi connectivity index (χ3n) is 3.99. The number of fused-ring (bicyclic) bond motifs is 2. The minimum absolute atomic E-state index is 0.0507.